The third-order valence-corrected chi connectivity index (χ3v) is 4.18. The van der Waals surface area contributed by atoms with Crippen molar-refractivity contribution in [2.75, 3.05) is 45.4 Å². The third kappa shape index (κ3) is 5.23. The van der Waals surface area contributed by atoms with Crippen molar-refractivity contribution in [1.29, 1.82) is 0 Å². The molecule has 1 aromatic rings. The summed E-state index contributed by atoms with van der Waals surface area (Å²) in [6, 6.07) is 5.21. The Labute approximate surface area is 154 Å². The minimum atomic E-state index is -0.167. The lowest BCUT2D eigenvalue weighted by Crippen LogP contribution is -2.44. The van der Waals surface area contributed by atoms with Crippen molar-refractivity contribution in [1.82, 2.24) is 10.6 Å². The first-order valence-electron chi connectivity index (χ1n) is 8.60. The van der Waals surface area contributed by atoms with Crippen LogP contribution in [-0.4, -0.2) is 58.3 Å². The van der Waals surface area contributed by atoms with Gasteiger partial charge in [-0.05, 0) is 25.1 Å². The van der Waals surface area contributed by atoms with Gasteiger partial charge < -0.3 is 25.0 Å². The fraction of sp³-hybridized carbons (Fsp3) is 0.474. The Morgan fingerprint density at radius 1 is 1.38 bits per heavy atom. The lowest BCUT2D eigenvalue weighted by Gasteiger charge is -2.35. The van der Waals surface area contributed by atoms with Gasteiger partial charge in [-0.15, -0.1) is 0 Å². The van der Waals surface area contributed by atoms with Crippen LogP contribution in [0.25, 0.3) is 0 Å². The Morgan fingerprint density at radius 3 is 2.85 bits per heavy atom. The molecule has 0 radical (unpaired) electrons. The zero-order chi connectivity index (χ0) is 19.1. The summed E-state index contributed by atoms with van der Waals surface area (Å²) in [5.41, 5.74) is 2.25. The highest BCUT2D eigenvalue weighted by Crippen LogP contribution is 2.34. The molecule has 1 aliphatic rings. The maximum absolute atomic E-state index is 12.2. The van der Waals surface area contributed by atoms with E-state index in [2.05, 4.69) is 17.2 Å². The van der Waals surface area contributed by atoms with Gasteiger partial charge in [0.1, 0.15) is 12.4 Å². The van der Waals surface area contributed by atoms with E-state index in [1.165, 1.54) is 0 Å². The number of fused-ring (bicyclic) bond motifs is 1. The van der Waals surface area contributed by atoms with Crippen LogP contribution < -0.4 is 20.3 Å². The standard InChI is InChI=1S/C19H27N3O4/c1-13(2)11-21-18(23)10-15-12-26-17-6-5-14(9-16(17)22(15)3)19(24)20-7-8-25-4/h5-6,9,15H,1,7-8,10-12H2,2-4H3,(H,20,24)(H,21,23)/t15-/m1/s1. The van der Waals surface area contributed by atoms with Crippen LogP contribution >= 0.6 is 0 Å². The molecule has 0 unspecified atom stereocenters. The molecule has 1 aromatic carbocycles. The maximum Gasteiger partial charge on any atom is 0.251 e. The predicted octanol–water partition coefficient (Wildman–Crippen LogP) is 1.34. The Kier molecular flexibility index (Phi) is 7.03. The van der Waals surface area contributed by atoms with E-state index in [1.54, 1.807) is 25.3 Å². The van der Waals surface area contributed by atoms with Crippen molar-refractivity contribution in [3.8, 4) is 5.75 Å². The lowest BCUT2D eigenvalue weighted by atomic mass is 10.1. The van der Waals surface area contributed by atoms with Crippen LogP contribution in [0.15, 0.2) is 30.4 Å². The summed E-state index contributed by atoms with van der Waals surface area (Å²) >= 11 is 0. The zero-order valence-electron chi connectivity index (χ0n) is 15.6. The van der Waals surface area contributed by atoms with Crippen LogP contribution in [-0.2, 0) is 9.53 Å². The first kappa shape index (κ1) is 19.8. The number of methoxy groups -OCH3 is 1. The molecule has 2 amide bonds. The normalized spacial score (nSPS) is 15.7. The van der Waals surface area contributed by atoms with Crippen molar-refractivity contribution in [2.45, 2.75) is 19.4 Å². The van der Waals surface area contributed by atoms with Crippen LogP contribution in [0.1, 0.15) is 23.7 Å². The molecular formula is C19H27N3O4. The van der Waals surface area contributed by atoms with E-state index >= 15 is 0 Å². The fourth-order valence-corrected chi connectivity index (χ4v) is 2.65. The van der Waals surface area contributed by atoms with Crippen molar-refractivity contribution in [2.24, 2.45) is 0 Å². The smallest absolute Gasteiger partial charge is 0.251 e. The molecule has 0 saturated carbocycles. The largest absolute Gasteiger partial charge is 0.489 e. The zero-order valence-corrected chi connectivity index (χ0v) is 15.6. The van der Waals surface area contributed by atoms with Gasteiger partial charge in [0.15, 0.2) is 0 Å². The molecule has 0 saturated heterocycles. The monoisotopic (exact) mass is 361 g/mol. The second-order valence-electron chi connectivity index (χ2n) is 6.44. The summed E-state index contributed by atoms with van der Waals surface area (Å²) < 4.78 is 10.7. The summed E-state index contributed by atoms with van der Waals surface area (Å²) in [6.07, 6.45) is 0.313. The van der Waals surface area contributed by atoms with Gasteiger partial charge in [0, 0.05) is 32.8 Å². The number of ether oxygens (including phenoxy) is 2. The van der Waals surface area contributed by atoms with Gasteiger partial charge in [-0.1, -0.05) is 12.2 Å². The number of nitrogens with one attached hydrogen (secondary N) is 2. The number of rotatable bonds is 8. The van der Waals surface area contributed by atoms with Gasteiger partial charge in [0.05, 0.1) is 24.8 Å². The summed E-state index contributed by atoms with van der Waals surface area (Å²) in [7, 11) is 3.49. The van der Waals surface area contributed by atoms with Gasteiger partial charge in [0.25, 0.3) is 5.91 Å². The summed E-state index contributed by atoms with van der Waals surface area (Å²) in [5, 5.41) is 5.63. The number of carbonyl (C=O) groups excluding carboxylic acids is 2. The Morgan fingerprint density at radius 2 is 2.15 bits per heavy atom. The van der Waals surface area contributed by atoms with E-state index in [9.17, 15) is 9.59 Å². The molecule has 0 aromatic heterocycles. The minimum absolute atomic E-state index is 0.0506. The number of amides is 2. The van der Waals surface area contributed by atoms with Gasteiger partial charge in [-0.25, -0.2) is 0 Å². The number of benzene rings is 1. The second-order valence-corrected chi connectivity index (χ2v) is 6.44. The maximum atomic E-state index is 12.2. The van der Waals surface area contributed by atoms with Gasteiger partial charge in [-0.3, -0.25) is 9.59 Å². The molecular weight excluding hydrogens is 334 g/mol. The van der Waals surface area contributed by atoms with Gasteiger partial charge in [0.2, 0.25) is 5.91 Å². The number of hydrogen-bond donors (Lipinski definition) is 2. The number of anilines is 1. The summed E-state index contributed by atoms with van der Waals surface area (Å²) in [4.78, 5) is 26.3. The molecule has 142 valence electrons. The number of carbonyl (C=O) groups is 2. The SMILES string of the molecule is C=C(C)CNC(=O)C[C@@H]1COc2ccc(C(=O)NCCOC)cc2N1C. The van der Waals surface area contributed by atoms with Gasteiger partial charge >= 0.3 is 0 Å². The summed E-state index contributed by atoms with van der Waals surface area (Å²) in [5.74, 6) is 0.490. The highest BCUT2D eigenvalue weighted by molar-refractivity contribution is 5.95. The molecule has 0 bridgehead atoms. The van der Waals surface area contributed by atoms with Crippen molar-refractivity contribution in [3.63, 3.8) is 0 Å². The van der Waals surface area contributed by atoms with Crippen LogP contribution in [0.5, 0.6) is 5.75 Å². The average Bonchev–Trinajstić information content (AvgIpc) is 2.62. The molecule has 7 heteroatoms. The first-order chi connectivity index (χ1) is 12.4. The van der Waals surface area contributed by atoms with E-state index in [-0.39, 0.29) is 17.9 Å². The van der Waals surface area contributed by atoms with Crippen LogP contribution in [0, 0.1) is 0 Å². The summed E-state index contributed by atoms with van der Waals surface area (Å²) in [6.45, 7) is 7.44. The molecule has 26 heavy (non-hydrogen) atoms. The van der Waals surface area contributed by atoms with Gasteiger partial charge in [-0.2, -0.15) is 0 Å². The predicted molar refractivity (Wildman–Crippen MR) is 101 cm³/mol. The van der Waals surface area contributed by atoms with Crippen molar-refractivity contribution >= 4 is 17.5 Å². The third-order valence-electron chi connectivity index (χ3n) is 4.18. The van der Waals surface area contributed by atoms with Crippen LogP contribution in [0.3, 0.4) is 0 Å². The van der Waals surface area contributed by atoms with E-state index in [1.807, 2.05) is 18.9 Å². The van der Waals surface area contributed by atoms with Crippen LogP contribution in [0.4, 0.5) is 5.69 Å². The van der Waals surface area contributed by atoms with E-state index in [4.69, 9.17) is 9.47 Å². The van der Waals surface area contributed by atoms with E-state index < -0.39 is 0 Å². The highest BCUT2D eigenvalue weighted by Gasteiger charge is 2.27. The first-order valence-corrected chi connectivity index (χ1v) is 8.60. The Hall–Kier alpha value is -2.54. The topological polar surface area (TPSA) is 79.9 Å². The average molecular weight is 361 g/mol. The second kappa shape index (κ2) is 9.24. The van der Waals surface area contributed by atoms with Crippen molar-refractivity contribution in [3.05, 3.63) is 35.9 Å². The molecule has 2 N–H and O–H groups in total. The van der Waals surface area contributed by atoms with Crippen molar-refractivity contribution < 1.29 is 19.1 Å². The Balaban J connectivity index is 2.04. The highest BCUT2D eigenvalue weighted by atomic mass is 16.5. The molecule has 7 nitrogen and oxygen atoms in total. The molecule has 0 spiro atoms. The quantitative estimate of drug-likeness (QED) is 0.540. The molecule has 1 atom stereocenters. The minimum Gasteiger partial charge on any atom is -0.489 e. The molecule has 1 heterocycles. The fourth-order valence-electron chi connectivity index (χ4n) is 2.65. The van der Waals surface area contributed by atoms with E-state index in [0.717, 1.165) is 11.3 Å². The number of hydrogen-bond acceptors (Lipinski definition) is 5. The lowest BCUT2D eigenvalue weighted by molar-refractivity contribution is -0.121. The number of nitrogens with zero attached hydrogens (tertiary/aromatic N) is 1. The Bertz CT molecular complexity index is 675. The molecule has 0 aliphatic carbocycles. The molecule has 2 rings (SSSR count). The molecule has 0 fully saturated rings. The number of likely N-dealkylation sites (N-methyl/N-ethyl adjacent to an activating group) is 1. The van der Waals surface area contributed by atoms with E-state index in [0.29, 0.717) is 44.0 Å². The van der Waals surface area contributed by atoms with Crippen LogP contribution in [0.2, 0.25) is 0 Å². The molecule has 1 aliphatic heterocycles.